The van der Waals surface area contributed by atoms with Crippen molar-refractivity contribution in [2.24, 2.45) is 11.8 Å². The van der Waals surface area contributed by atoms with Crippen LogP contribution in [-0.2, 0) is 11.3 Å². The molecule has 26 heavy (non-hydrogen) atoms. The molecule has 0 aliphatic heterocycles. The molecule has 1 aromatic carbocycles. The van der Waals surface area contributed by atoms with Crippen LogP contribution < -0.4 is 5.32 Å². The van der Waals surface area contributed by atoms with Crippen molar-refractivity contribution in [3.05, 3.63) is 52.8 Å². The molecule has 1 aromatic heterocycles. The minimum atomic E-state index is 0.0885. The molecule has 1 N–H and O–H groups in total. The second-order valence-corrected chi connectivity index (χ2v) is 8.10. The molecule has 138 valence electrons. The number of aromatic nitrogens is 2. The highest BCUT2D eigenvalue weighted by atomic mass is 16.2. The van der Waals surface area contributed by atoms with Gasteiger partial charge in [-0.15, -0.1) is 0 Å². The van der Waals surface area contributed by atoms with E-state index in [2.05, 4.69) is 47.7 Å². The summed E-state index contributed by atoms with van der Waals surface area (Å²) < 4.78 is 1.84. The fourth-order valence-electron chi connectivity index (χ4n) is 5.10. The Bertz CT molecular complexity index is 795. The third kappa shape index (κ3) is 2.95. The van der Waals surface area contributed by atoms with E-state index in [1.807, 2.05) is 18.5 Å². The number of hydrogen-bond donors (Lipinski definition) is 1. The van der Waals surface area contributed by atoms with Gasteiger partial charge in [0.15, 0.2) is 0 Å². The summed E-state index contributed by atoms with van der Waals surface area (Å²) in [6.45, 7) is 6.42. The Morgan fingerprint density at radius 1 is 1.12 bits per heavy atom. The molecule has 1 heterocycles. The topological polar surface area (TPSA) is 46.9 Å². The summed E-state index contributed by atoms with van der Waals surface area (Å²) >= 11 is 0. The van der Waals surface area contributed by atoms with Crippen LogP contribution in [0.1, 0.15) is 54.1 Å². The third-order valence-corrected chi connectivity index (χ3v) is 6.73. The van der Waals surface area contributed by atoms with Gasteiger partial charge in [-0.3, -0.25) is 9.48 Å². The van der Waals surface area contributed by atoms with Crippen LogP contribution in [0.25, 0.3) is 0 Å². The normalized spacial score (nSPS) is 27.5. The summed E-state index contributed by atoms with van der Waals surface area (Å²) in [4.78, 5) is 12.8. The van der Waals surface area contributed by atoms with E-state index >= 15 is 0 Å². The Balaban J connectivity index is 1.49. The highest BCUT2D eigenvalue weighted by Gasteiger charge is 2.51. The van der Waals surface area contributed by atoms with Gasteiger partial charge in [0, 0.05) is 17.7 Å². The lowest BCUT2D eigenvalue weighted by molar-refractivity contribution is -0.125. The molecule has 0 saturated heterocycles. The molecule has 2 saturated carbocycles. The van der Waals surface area contributed by atoms with Gasteiger partial charge in [-0.25, -0.2) is 0 Å². The van der Waals surface area contributed by atoms with Gasteiger partial charge in [0.1, 0.15) is 6.54 Å². The van der Waals surface area contributed by atoms with Crippen molar-refractivity contribution in [3.63, 3.8) is 0 Å². The van der Waals surface area contributed by atoms with Gasteiger partial charge in [-0.2, -0.15) is 5.10 Å². The molecule has 0 unspecified atom stereocenters. The van der Waals surface area contributed by atoms with Crippen LogP contribution in [0, 0.1) is 32.6 Å². The van der Waals surface area contributed by atoms with Crippen molar-refractivity contribution < 1.29 is 4.79 Å². The number of nitrogens with one attached hydrogen (secondary N) is 1. The van der Waals surface area contributed by atoms with Crippen molar-refractivity contribution in [2.45, 2.75) is 65.0 Å². The number of fused-ring (bicyclic) bond motifs is 1. The van der Waals surface area contributed by atoms with Gasteiger partial charge >= 0.3 is 0 Å². The Labute approximate surface area is 156 Å². The predicted molar refractivity (Wildman–Crippen MR) is 103 cm³/mol. The van der Waals surface area contributed by atoms with Crippen molar-refractivity contribution in [1.82, 2.24) is 15.1 Å². The zero-order valence-electron chi connectivity index (χ0n) is 16.0. The zero-order chi connectivity index (χ0) is 18.3. The molecule has 2 fully saturated rings. The van der Waals surface area contributed by atoms with Crippen LogP contribution >= 0.6 is 0 Å². The standard InChI is InChI=1S/C22H29N3O/c1-14-15(2)24-25(16(14)3)13-20(26)23-22-19-12-8-7-11-18(19)21(22)17-9-5-4-6-10-17/h4-6,9-10,18-19,21-22H,7-8,11-13H2,1-3H3,(H,23,26)/t18-,19+,21+,22+/m1/s1. The molecular weight excluding hydrogens is 322 g/mol. The Morgan fingerprint density at radius 3 is 2.46 bits per heavy atom. The first-order chi connectivity index (χ1) is 12.6. The van der Waals surface area contributed by atoms with E-state index < -0.39 is 0 Å². The maximum absolute atomic E-state index is 12.8. The van der Waals surface area contributed by atoms with Crippen molar-refractivity contribution >= 4 is 5.91 Å². The van der Waals surface area contributed by atoms with Gasteiger partial charge in [0.2, 0.25) is 5.91 Å². The first kappa shape index (κ1) is 17.3. The number of carbonyl (C=O) groups is 1. The molecule has 4 nitrogen and oxygen atoms in total. The van der Waals surface area contributed by atoms with E-state index in [9.17, 15) is 4.79 Å². The van der Waals surface area contributed by atoms with Crippen molar-refractivity contribution in [1.29, 1.82) is 0 Å². The summed E-state index contributed by atoms with van der Waals surface area (Å²) in [5.41, 5.74) is 4.65. The average molecular weight is 351 g/mol. The number of hydrogen-bond acceptors (Lipinski definition) is 2. The number of rotatable bonds is 4. The maximum atomic E-state index is 12.8. The van der Waals surface area contributed by atoms with Crippen LogP contribution in [0.4, 0.5) is 0 Å². The van der Waals surface area contributed by atoms with Crippen LogP contribution in [0.3, 0.4) is 0 Å². The van der Waals surface area contributed by atoms with Crippen LogP contribution in [-0.4, -0.2) is 21.7 Å². The molecule has 0 bridgehead atoms. The first-order valence-electron chi connectivity index (χ1n) is 9.91. The molecule has 2 aliphatic carbocycles. The highest BCUT2D eigenvalue weighted by molar-refractivity contribution is 5.76. The molecule has 1 amide bonds. The summed E-state index contributed by atoms with van der Waals surface area (Å²) in [6, 6.07) is 11.0. The molecule has 4 rings (SSSR count). The number of amides is 1. The number of benzene rings is 1. The number of aryl methyl sites for hydroxylation is 1. The van der Waals surface area contributed by atoms with Gasteiger partial charge < -0.3 is 5.32 Å². The fraction of sp³-hybridized carbons (Fsp3) is 0.545. The fourth-order valence-corrected chi connectivity index (χ4v) is 5.10. The second kappa shape index (κ2) is 6.90. The summed E-state index contributed by atoms with van der Waals surface area (Å²) in [6.07, 6.45) is 5.17. The number of carbonyl (C=O) groups excluding carboxylic acids is 1. The van der Waals surface area contributed by atoms with E-state index in [-0.39, 0.29) is 11.9 Å². The smallest absolute Gasteiger partial charge is 0.241 e. The average Bonchev–Trinajstić information content (AvgIpc) is 2.88. The summed E-state index contributed by atoms with van der Waals surface area (Å²) in [7, 11) is 0. The maximum Gasteiger partial charge on any atom is 0.241 e. The summed E-state index contributed by atoms with van der Waals surface area (Å²) in [5.74, 6) is 1.92. The van der Waals surface area contributed by atoms with Gasteiger partial charge in [0.25, 0.3) is 0 Å². The van der Waals surface area contributed by atoms with Gasteiger partial charge in [-0.05, 0) is 56.6 Å². The van der Waals surface area contributed by atoms with Crippen molar-refractivity contribution in [3.8, 4) is 0 Å². The van der Waals surface area contributed by atoms with E-state index in [1.165, 1.54) is 36.8 Å². The Hall–Kier alpha value is -2.10. The van der Waals surface area contributed by atoms with Crippen molar-refractivity contribution in [2.75, 3.05) is 0 Å². The minimum absolute atomic E-state index is 0.0885. The van der Waals surface area contributed by atoms with E-state index in [4.69, 9.17) is 0 Å². The SMILES string of the molecule is Cc1nn(CC(=O)N[C@H]2[C@H]3CCCC[C@H]3[C@@H]2c2ccccc2)c(C)c1C. The molecule has 0 radical (unpaired) electrons. The van der Waals surface area contributed by atoms with E-state index in [0.717, 1.165) is 17.3 Å². The van der Waals surface area contributed by atoms with E-state index in [0.29, 0.717) is 18.4 Å². The molecule has 4 atom stereocenters. The Morgan fingerprint density at radius 2 is 1.81 bits per heavy atom. The predicted octanol–water partition coefficient (Wildman–Crippen LogP) is 3.90. The van der Waals surface area contributed by atoms with E-state index in [1.54, 1.807) is 0 Å². The molecule has 2 aliphatic rings. The summed E-state index contributed by atoms with van der Waals surface area (Å²) in [5, 5.41) is 7.88. The molecular formula is C22H29N3O. The molecule has 4 heteroatoms. The van der Waals surface area contributed by atoms with Gasteiger partial charge in [-0.1, -0.05) is 43.2 Å². The van der Waals surface area contributed by atoms with Crippen LogP contribution in [0.5, 0.6) is 0 Å². The lowest BCUT2D eigenvalue weighted by atomic mass is 9.53. The Kier molecular flexibility index (Phi) is 4.60. The lowest BCUT2D eigenvalue weighted by Gasteiger charge is -2.55. The lowest BCUT2D eigenvalue weighted by Crippen LogP contribution is -2.59. The molecule has 0 spiro atoms. The minimum Gasteiger partial charge on any atom is -0.351 e. The van der Waals surface area contributed by atoms with Gasteiger partial charge in [0.05, 0.1) is 5.69 Å². The molecule has 2 aromatic rings. The second-order valence-electron chi connectivity index (χ2n) is 8.10. The van der Waals surface area contributed by atoms with Crippen LogP contribution in [0.2, 0.25) is 0 Å². The highest BCUT2D eigenvalue weighted by Crippen LogP contribution is 2.54. The quantitative estimate of drug-likeness (QED) is 0.908. The van der Waals surface area contributed by atoms with Crippen LogP contribution in [0.15, 0.2) is 30.3 Å². The largest absolute Gasteiger partial charge is 0.351 e. The monoisotopic (exact) mass is 351 g/mol. The third-order valence-electron chi connectivity index (χ3n) is 6.73. The zero-order valence-corrected chi connectivity index (χ0v) is 16.0. The first-order valence-corrected chi connectivity index (χ1v) is 9.91. The number of nitrogens with zero attached hydrogens (tertiary/aromatic N) is 2.